The number of amides is 1. The third kappa shape index (κ3) is 2.74. The zero-order valence-corrected chi connectivity index (χ0v) is 10.5. The van der Waals surface area contributed by atoms with E-state index in [-0.39, 0.29) is 17.7 Å². The maximum absolute atomic E-state index is 12.5. The summed E-state index contributed by atoms with van der Waals surface area (Å²) in [6.45, 7) is -0.108. The van der Waals surface area contributed by atoms with Gasteiger partial charge in [-0.15, -0.1) is 0 Å². The van der Waals surface area contributed by atoms with Gasteiger partial charge in [-0.1, -0.05) is 18.2 Å². The van der Waals surface area contributed by atoms with Gasteiger partial charge >= 0.3 is 0 Å². The predicted octanol–water partition coefficient (Wildman–Crippen LogP) is 1.13. The summed E-state index contributed by atoms with van der Waals surface area (Å²) in [5.41, 5.74) is 0.816. The van der Waals surface area contributed by atoms with Gasteiger partial charge in [0.2, 0.25) is 0 Å². The van der Waals surface area contributed by atoms with E-state index in [2.05, 4.69) is 10.2 Å². The number of aromatic nitrogens is 2. The van der Waals surface area contributed by atoms with Crippen LogP contribution in [-0.4, -0.2) is 35.2 Å². The van der Waals surface area contributed by atoms with Gasteiger partial charge in [-0.2, -0.15) is 10.2 Å². The number of hydrogen-bond donors (Lipinski definition) is 0. The summed E-state index contributed by atoms with van der Waals surface area (Å²) in [6, 6.07) is 8.73. The Labute approximate surface area is 115 Å². The lowest BCUT2D eigenvalue weighted by Gasteiger charge is -2.20. The topological polar surface area (TPSA) is 80.2 Å². The molecule has 0 saturated carbocycles. The first-order chi connectivity index (χ1) is 9.77. The third-order valence-electron chi connectivity index (χ3n) is 2.69. The van der Waals surface area contributed by atoms with Crippen LogP contribution >= 0.6 is 0 Å². The number of para-hydroxylation sites is 1. The normalized spacial score (nSPS) is 9.80. The molecule has 0 fully saturated rings. The molecule has 100 valence electrons. The van der Waals surface area contributed by atoms with Crippen molar-refractivity contribution in [1.82, 2.24) is 10.2 Å². The first-order valence-corrected chi connectivity index (χ1v) is 5.84. The molecule has 1 aromatic carbocycles. The van der Waals surface area contributed by atoms with Crippen molar-refractivity contribution in [3.05, 3.63) is 53.9 Å². The van der Waals surface area contributed by atoms with Crippen LogP contribution in [-0.2, 0) is 4.79 Å². The van der Waals surface area contributed by atoms with Gasteiger partial charge in [-0.05, 0) is 12.1 Å². The van der Waals surface area contributed by atoms with E-state index in [1.54, 1.807) is 30.3 Å². The van der Waals surface area contributed by atoms with E-state index in [9.17, 15) is 14.4 Å². The first kappa shape index (κ1) is 13.5. The van der Waals surface area contributed by atoms with Crippen LogP contribution in [0.2, 0.25) is 0 Å². The maximum atomic E-state index is 12.5. The number of hydrogen-bond acceptors (Lipinski definition) is 5. The van der Waals surface area contributed by atoms with Gasteiger partial charge in [0.05, 0.1) is 24.5 Å². The van der Waals surface area contributed by atoms with Gasteiger partial charge in [0, 0.05) is 11.3 Å². The van der Waals surface area contributed by atoms with Crippen molar-refractivity contribution in [3.63, 3.8) is 0 Å². The Hall–Kier alpha value is -2.89. The van der Waals surface area contributed by atoms with E-state index in [4.69, 9.17) is 0 Å². The standard InChI is InChI=1S/C14H11N3O3/c18-7-6-17(12-4-2-1-3-5-12)14(20)13-9-16-15-8-11(13)10-19/h1-5,7-10H,6H2. The average Bonchev–Trinajstić information content (AvgIpc) is 2.52. The summed E-state index contributed by atoms with van der Waals surface area (Å²) in [5.74, 6) is -0.472. The lowest BCUT2D eigenvalue weighted by atomic mass is 10.1. The lowest BCUT2D eigenvalue weighted by Crippen LogP contribution is -2.33. The van der Waals surface area contributed by atoms with Crippen molar-refractivity contribution in [2.24, 2.45) is 0 Å². The summed E-state index contributed by atoms with van der Waals surface area (Å²) >= 11 is 0. The fourth-order valence-electron chi connectivity index (χ4n) is 1.74. The second-order valence-electron chi connectivity index (χ2n) is 3.89. The van der Waals surface area contributed by atoms with E-state index >= 15 is 0 Å². The summed E-state index contributed by atoms with van der Waals surface area (Å²) < 4.78 is 0. The molecular formula is C14H11N3O3. The molecule has 1 heterocycles. The van der Waals surface area contributed by atoms with Crippen LogP contribution < -0.4 is 4.90 Å². The molecule has 6 heteroatoms. The zero-order valence-electron chi connectivity index (χ0n) is 10.5. The molecular weight excluding hydrogens is 258 g/mol. The molecule has 0 unspecified atom stereocenters. The Morgan fingerprint density at radius 3 is 2.45 bits per heavy atom. The van der Waals surface area contributed by atoms with Crippen molar-refractivity contribution >= 4 is 24.2 Å². The van der Waals surface area contributed by atoms with Crippen LogP contribution in [0, 0.1) is 0 Å². The van der Waals surface area contributed by atoms with Crippen molar-refractivity contribution in [2.75, 3.05) is 11.4 Å². The van der Waals surface area contributed by atoms with Crippen LogP contribution in [0.5, 0.6) is 0 Å². The Kier molecular flexibility index (Phi) is 4.28. The van der Waals surface area contributed by atoms with Crippen molar-refractivity contribution in [1.29, 1.82) is 0 Å². The highest BCUT2D eigenvalue weighted by atomic mass is 16.2. The molecule has 0 atom stereocenters. The zero-order chi connectivity index (χ0) is 14.4. The van der Waals surface area contributed by atoms with Crippen molar-refractivity contribution in [3.8, 4) is 0 Å². The lowest BCUT2D eigenvalue weighted by molar-refractivity contribution is -0.106. The van der Waals surface area contributed by atoms with Gasteiger partial charge in [-0.25, -0.2) is 0 Å². The molecule has 1 aromatic heterocycles. The van der Waals surface area contributed by atoms with Gasteiger partial charge in [0.1, 0.15) is 6.29 Å². The van der Waals surface area contributed by atoms with E-state index in [0.29, 0.717) is 18.3 Å². The summed E-state index contributed by atoms with van der Waals surface area (Å²) in [7, 11) is 0. The summed E-state index contributed by atoms with van der Waals surface area (Å²) in [6.07, 6.45) is 3.59. The monoisotopic (exact) mass is 269 g/mol. The fourth-order valence-corrected chi connectivity index (χ4v) is 1.74. The Balaban J connectivity index is 2.42. The van der Waals surface area contributed by atoms with E-state index in [1.165, 1.54) is 17.3 Å². The second kappa shape index (κ2) is 6.33. The second-order valence-corrected chi connectivity index (χ2v) is 3.89. The van der Waals surface area contributed by atoms with Gasteiger partial charge < -0.3 is 9.69 Å². The van der Waals surface area contributed by atoms with E-state index < -0.39 is 5.91 Å². The van der Waals surface area contributed by atoms with Crippen LogP contribution in [0.3, 0.4) is 0 Å². The van der Waals surface area contributed by atoms with Gasteiger partial charge in [-0.3, -0.25) is 9.59 Å². The fraction of sp³-hybridized carbons (Fsp3) is 0.0714. The largest absolute Gasteiger partial charge is 0.301 e. The molecule has 1 amide bonds. The van der Waals surface area contributed by atoms with Crippen LogP contribution in [0.25, 0.3) is 0 Å². The van der Waals surface area contributed by atoms with Crippen LogP contribution in [0.1, 0.15) is 20.7 Å². The Bertz CT molecular complexity index is 629. The van der Waals surface area contributed by atoms with Gasteiger partial charge in [0.25, 0.3) is 5.91 Å². The molecule has 6 nitrogen and oxygen atoms in total. The van der Waals surface area contributed by atoms with Crippen molar-refractivity contribution < 1.29 is 14.4 Å². The molecule has 0 saturated heterocycles. The number of carbonyl (C=O) groups excluding carboxylic acids is 3. The smallest absolute Gasteiger partial charge is 0.261 e. The Morgan fingerprint density at radius 2 is 1.80 bits per heavy atom. The minimum absolute atomic E-state index is 0.108. The predicted molar refractivity (Wildman–Crippen MR) is 71.6 cm³/mol. The molecule has 0 aliphatic carbocycles. The van der Waals surface area contributed by atoms with E-state index in [1.807, 2.05) is 0 Å². The number of carbonyl (C=O) groups is 3. The molecule has 2 aromatic rings. The van der Waals surface area contributed by atoms with E-state index in [0.717, 1.165) is 0 Å². The first-order valence-electron chi connectivity index (χ1n) is 5.84. The number of nitrogens with zero attached hydrogens (tertiary/aromatic N) is 3. The van der Waals surface area contributed by atoms with Crippen LogP contribution in [0.15, 0.2) is 42.7 Å². The SMILES string of the molecule is O=CCN(C(=O)c1cnncc1C=O)c1ccccc1. The number of rotatable bonds is 5. The minimum Gasteiger partial charge on any atom is -0.301 e. The molecule has 0 spiro atoms. The molecule has 0 N–H and O–H groups in total. The molecule has 0 aliphatic rings. The highest BCUT2D eigenvalue weighted by Gasteiger charge is 2.20. The average molecular weight is 269 g/mol. The molecule has 20 heavy (non-hydrogen) atoms. The molecule has 2 rings (SSSR count). The highest BCUT2D eigenvalue weighted by molar-refractivity contribution is 6.10. The third-order valence-corrected chi connectivity index (χ3v) is 2.69. The highest BCUT2D eigenvalue weighted by Crippen LogP contribution is 2.17. The molecule has 0 radical (unpaired) electrons. The quantitative estimate of drug-likeness (QED) is 0.760. The molecule has 0 aliphatic heterocycles. The number of anilines is 1. The van der Waals surface area contributed by atoms with Gasteiger partial charge in [0.15, 0.2) is 6.29 Å². The van der Waals surface area contributed by atoms with Crippen molar-refractivity contribution in [2.45, 2.75) is 0 Å². The van der Waals surface area contributed by atoms with Crippen LogP contribution in [0.4, 0.5) is 5.69 Å². The summed E-state index contributed by atoms with van der Waals surface area (Å²) in [4.78, 5) is 35.5. The Morgan fingerprint density at radius 1 is 1.10 bits per heavy atom. The maximum Gasteiger partial charge on any atom is 0.261 e. The summed E-state index contributed by atoms with van der Waals surface area (Å²) in [5, 5.41) is 7.16. The minimum atomic E-state index is -0.472. The number of aldehydes is 2. The number of benzene rings is 1. The molecule has 0 bridgehead atoms.